The molecule has 1 atom stereocenters. The summed E-state index contributed by atoms with van der Waals surface area (Å²) in [4.78, 5) is 23.1. The van der Waals surface area contributed by atoms with Gasteiger partial charge < -0.3 is 16.0 Å². The molecule has 1 aliphatic rings. The van der Waals surface area contributed by atoms with Crippen LogP contribution in [-0.4, -0.2) is 34.3 Å². The molecular formula is C15H16ClN5O2. The van der Waals surface area contributed by atoms with Crippen molar-refractivity contribution in [1.82, 2.24) is 20.4 Å². The van der Waals surface area contributed by atoms with Crippen molar-refractivity contribution in [2.45, 2.75) is 18.9 Å². The van der Waals surface area contributed by atoms with E-state index in [9.17, 15) is 9.59 Å². The first-order chi connectivity index (χ1) is 11.1. The number of benzene rings is 1. The number of piperidine rings is 1. The predicted molar refractivity (Wildman–Crippen MR) is 86.8 cm³/mol. The van der Waals surface area contributed by atoms with E-state index in [-0.39, 0.29) is 18.0 Å². The summed E-state index contributed by atoms with van der Waals surface area (Å²) in [6, 6.07) is 6.62. The number of carbonyl (C=O) groups excluding carboxylic acids is 2. The van der Waals surface area contributed by atoms with Gasteiger partial charge in [0.15, 0.2) is 0 Å². The minimum absolute atomic E-state index is 0.0180. The van der Waals surface area contributed by atoms with Crippen molar-refractivity contribution < 1.29 is 9.59 Å². The molecule has 0 unspecified atom stereocenters. The molecule has 0 saturated carbocycles. The lowest BCUT2D eigenvalue weighted by Crippen LogP contribution is -2.48. The molecule has 0 bridgehead atoms. The molecule has 2 heterocycles. The third kappa shape index (κ3) is 3.81. The van der Waals surface area contributed by atoms with E-state index in [0.717, 1.165) is 5.69 Å². The molecule has 7 nitrogen and oxygen atoms in total. The molecule has 0 aliphatic carbocycles. The lowest BCUT2D eigenvalue weighted by atomic mass is 10.1. The quantitative estimate of drug-likeness (QED) is 0.802. The van der Waals surface area contributed by atoms with E-state index in [1.54, 1.807) is 41.3 Å². The Morgan fingerprint density at radius 1 is 1.43 bits per heavy atom. The molecular weight excluding hydrogens is 318 g/mol. The summed E-state index contributed by atoms with van der Waals surface area (Å²) >= 11 is 6.23. The molecule has 8 heteroatoms. The zero-order valence-electron chi connectivity index (χ0n) is 12.3. The summed E-state index contributed by atoms with van der Waals surface area (Å²) in [5, 5.41) is 12.9. The van der Waals surface area contributed by atoms with Crippen LogP contribution in [-0.2, 0) is 4.79 Å². The number of aromatic nitrogens is 2. The third-order valence-electron chi connectivity index (χ3n) is 3.56. The van der Waals surface area contributed by atoms with Crippen LogP contribution in [0.5, 0.6) is 0 Å². The van der Waals surface area contributed by atoms with E-state index in [2.05, 4.69) is 21.0 Å². The predicted octanol–water partition coefficient (Wildman–Crippen LogP) is 1.93. The van der Waals surface area contributed by atoms with Crippen molar-refractivity contribution in [3.63, 3.8) is 0 Å². The van der Waals surface area contributed by atoms with Crippen LogP contribution in [0.1, 0.15) is 12.8 Å². The first-order valence-electron chi connectivity index (χ1n) is 7.25. The van der Waals surface area contributed by atoms with Crippen LogP contribution in [0.3, 0.4) is 0 Å². The number of rotatable bonds is 3. The number of carbonyl (C=O) groups is 2. The summed E-state index contributed by atoms with van der Waals surface area (Å²) in [6.07, 6.45) is 4.52. The second-order valence-corrected chi connectivity index (χ2v) is 5.66. The summed E-state index contributed by atoms with van der Waals surface area (Å²) in [6.45, 7) is 0.450. The first kappa shape index (κ1) is 15.4. The van der Waals surface area contributed by atoms with Gasteiger partial charge in [0.2, 0.25) is 5.91 Å². The SMILES string of the molecule is O=C1CC[C@@H](NC(=O)Nc2ccc(-n3cccn3)c(Cl)c2)CN1. The van der Waals surface area contributed by atoms with Crippen molar-refractivity contribution in [2.75, 3.05) is 11.9 Å². The average Bonchev–Trinajstić information content (AvgIpc) is 3.04. The van der Waals surface area contributed by atoms with Gasteiger partial charge in [-0.25, -0.2) is 9.48 Å². The maximum absolute atomic E-state index is 12.0. The summed E-state index contributed by atoms with van der Waals surface area (Å²) < 4.78 is 1.65. The second-order valence-electron chi connectivity index (χ2n) is 5.25. The van der Waals surface area contributed by atoms with E-state index in [0.29, 0.717) is 30.1 Å². The van der Waals surface area contributed by atoms with Gasteiger partial charge in [-0.1, -0.05) is 11.6 Å². The average molecular weight is 334 g/mol. The molecule has 1 aromatic heterocycles. The third-order valence-corrected chi connectivity index (χ3v) is 3.86. The highest BCUT2D eigenvalue weighted by molar-refractivity contribution is 6.32. The lowest BCUT2D eigenvalue weighted by molar-refractivity contribution is -0.122. The van der Waals surface area contributed by atoms with Crippen LogP contribution in [0.15, 0.2) is 36.7 Å². The number of amides is 3. The standard InChI is InChI=1S/C15H16ClN5O2/c16-12-8-10(2-4-13(12)21-7-1-6-18-21)19-15(23)20-11-3-5-14(22)17-9-11/h1-2,4,6-8,11H,3,5,9H2,(H,17,22)(H2,19,20,23)/t11-/m1/s1. The molecule has 3 amide bonds. The zero-order valence-corrected chi connectivity index (χ0v) is 13.0. The Morgan fingerprint density at radius 3 is 2.96 bits per heavy atom. The number of anilines is 1. The normalized spacial score (nSPS) is 17.4. The van der Waals surface area contributed by atoms with Crippen molar-refractivity contribution in [3.05, 3.63) is 41.7 Å². The highest BCUT2D eigenvalue weighted by Crippen LogP contribution is 2.23. The number of nitrogens with one attached hydrogen (secondary N) is 3. The number of hydrogen-bond acceptors (Lipinski definition) is 3. The van der Waals surface area contributed by atoms with Crippen molar-refractivity contribution in [1.29, 1.82) is 0 Å². The van der Waals surface area contributed by atoms with Gasteiger partial charge in [-0.3, -0.25) is 4.79 Å². The number of hydrogen-bond donors (Lipinski definition) is 3. The van der Waals surface area contributed by atoms with Crippen LogP contribution < -0.4 is 16.0 Å². The van der Waals surface area contributed by atoms with Crippen LogP contribution in [0.4, 0.5) is 10.5 Å². The number of halogens is 1. The lowest BCUT2D eigenvalue weighted by Gasteiger charge is -2.23. The van der Waals surface area contributed by atoms with E-state index in [1.807, 2.05) is 0 Å². The van der Waals surface area contributed by atoms with Gasteiger partial charge in [0.25, 0.3) is 0 Å². The Kier molecular flexibility index (Phi) is 4.47. The molecule has 23 heavy (non-hydrogen) atoms. The monoisotopic (exact) mass is 333 g/mol. The van der Waals surface area contributed by atoms with Crippen molar-refractivity contribution in [3.8, 4) is 5.69 Å². The molecule has 3 N–H and O–H groups in total. The van der Waals surface area contributed by atoms with Gasteiger partial charge in [0.05, 0.1) is 10.7 Å². The molecule has 1 aromatic carbocycles. The van der Waals surface area contributed by atoms with Crippen LogP contribution in [0, 0.1) is 0 Å². The summed E-state index contributed by atoms with van der Waals surface area (Å²) in [5.41, 5.74) is 1.32. The molecule has 3 rings (SSSR count). The maximum Gasteiger partial charge on any atom is 0.319 e. The Hall–Kier alpha value is -2.54. The van der Waals surface area contributed by atoms with Gasteiger partial charge in [-0.15, -0.1) is 0 Å². The first-order valence-corrected chi connectivity index (χ1v) is 7.63. The van der Waals surface area contributed by atoms with Crippen LogP contribution >= 0.6 is 11.6 Å². The van der Waals surface area contributed by atoms with Crippen LogP contribution in [0.25, 0.3) is 5.69 Å². The van der Waals surface area contributed by atoms with E-state index in [1.165, 1.54) is 0 Å². The minimum Gasteiger partial charge on any atom is -0.354 e. The summed E-state index contributed by atoms with van der Waals surface area (Å²) in [5.74, 6) is 0.0180. The Labute approximate surface area is 138 Å². The van der Waals surface area contributed by atoms with Gasteiger partial charge in [-0.05, 0) is 30.7 Å². The van der Waals surface area contributed by atoms with Gasteiger partial charge in [0, 0.05) is 37.1 Å². The van der Waals surface area contributed by atoms with E-state index < -0.39 is 0 Å². The van der Waals surface area contributed by atoms with Gasteiger partial charge in [-0.2, -0.15) is 5.10 Å². The van der Waals surface area contributed by atoms with Crippen molar-refractivity contribution in [2.24, 2.45) is 0 Å². The fourth-order valence-corrected chi connectivity index (χ4v) is 2.66. The number of urea groups is 1. The molecule has 2 aromatic rings. The van der Waals surface area contributed by atoms with E-state index in [4.69, 9.17) is 11.6 Å². The number of nitrogens with zero attached hydrogens (tertiary/aromatic N) is 2. The Bertz CT molecular complexity index is 707. The molecule has 1 fully saturated rings. The molecule has 0 spiro atoms. The van der Waals surface area contributed by atoms with Gasteiger partial charge in [0.1, 0.15) is 0 Å². The summed E-state index contributed by atoms with van der Waals surface area (Å²) in [7, 11) is 0. The Balaban J connectivity index is 1.60. The molecule has 1 saturated heterocycles. The topological polar surface area (TPSA) is 88.1 Å². The largest absolute Gasteiger partial charge is 0.354 e. The van der Waals surface area contributed by atoms with Crippen LogP contribution in [0.2, 0.25) is 5.02 Å². The fourth-order valence-electron chi connectivity index (χ4n) is 2.39. The smallest absolute Gasteiger partial charge is 0.319 e. The Morgan fingerprint density at radius 2 is 2.30 bits per heavy atom. The zero-order chi connectivity index (χ0) is 16.2. The molecule has 120 valence electrons. The van der Waals surface area contributed by atoms with Crippen molar-refractivity contribution >= 4 is 29.2 Å². The highest BCUT2D eigenvalue weighted by atomic mass is 35.5. The molecule has 0 radical (unpaired) electrons. The molecule has 1 aliphatic heterocycles. The fraction of sp³-hybridized carbons (Fsp3) is 0.267. The maximum atomic E-state index is 12.0. The minimum atomic E-state index is -0.325. The van der Waals surface area contributed by atoms with E-state index >= 15 is 0 Å². The van der Waals surface area contributed by atoms with Gasteiger partial charge >= 0.3 is 6.03 Å². The second kappa shape index (κ2) is 6.70. The highest BCUT2D eigenvalue weighted by Gasteiger charge is 2.19.